The Labute approximate surface area is 192 Å². The number of hydrogen-bond acceptors (Lipinski definition) is 9. The van der Waals surface area contributed by atoms with E-state index in [4.69, 9.17) is 32.5 Å². The molecule has 0 saturated carbocycles. The normalized spacial score (nSPS) is 13.9. The topological polar surface area (TPSA) is 310 Å². The van der Waals surface area contributed by atoms with Crippen molar-refractivity contribution in [3.8, 4) is 0 Å². The Hall–Kier alpha value is -3.99. The number of carboxylic acids is 3. The smallest absolute Gasteiger partial charge is 0.326 e. The molecule has 4 unspecified atom stereocenters. The molecule has 0 aromatic heterocycles. The van der Waals surface area contributed by atoms with Crippen molar-refractivity contribution in [3.63, 3.8) is 0 Å². The second kappa shape index (κ2) is 15.0. The van der Waals surface area contributed by atoms with Crippen LogP contribution in [0, 0.1) is 0 Å². The lowest BCUT2D eigenvalue weighted by Gasteiger charge is -2.23. The van der Waals surface area contributed by atoms with Crippen molar-refractivity contribution in [2.24, 2.45) is 22.2 Å². The summed E-state index contributed by atoms with van der Waals surface area (Å²) in [6.07, 6.45) is -1.50. The number of carboxylic acid groups (broad SMARTS) is 3. The molecule has 0 aromatic rings. The van der Waals surface area contributed by atoms with Gasteiger partial charge in [0.2, 0.25) is 17.7 Å². The van der Waals surface area contributed by atoms with Crippen LogP contribution in [0.4, 0.5) is 0 Å². The summed E-state index contributed by atoms with van der Waals surface area (Å²) in [4.78, 5) is 73.5. The van der Waals surface area contributed by atoms with Gasteiger partial charge < -0.3 is 53.6 Å². The van der Waals surface area contributed by atoms with Crippen LogP contribution in [0.15, 0.2) is 4.99 Å². The van der Waals surface area contributed by atoms with Crippen molar-refractivity contribution in [2.45, 2.75) is 49.9 Å². The van der Waals surface area contributed by atoms with Crippen molar-refractivity contribution in [3.05, 3.63) is 0 Å². The third-order valence-electron chi connectivity index (χ3n) is 4.12. The second-order valence-corrected chi connectivity index (χ2v) is 6.96. The molecule has 0 spiro atoms. The number of guanidine groups is 1. The Balaban J connectivity index is 5.19. The number of aliphatic imine (C=N–C) groups is 1. The van der Waals surface area contributed by atoms with Gasteiger partial charge in [-0.1, -0.05) is 0 Å². The minimum Gasteiger partial charge on any atom is -0.481 e. The van der Waals surface area contributed by atoms with Gasteiger partial charge in [0.1, 0.15) is 18.1 Å². The van der Waals surface area contributed by atoms with E-state index in [9.17, 15) is 33.9 Å². The molecule has 0 aliphatic heterocycles. The first kappa shape index (κ1) is 30.0. The van der Waals surface area contributed by atoms with Crippen LogP contribution in [-0.2, 0) is 28.8 Å². The summed E-state index contributed by atoms with van der Waals surface area (Å²) >= 11 is 0. The molecule has 4 atom stereocenters. The lowest BCUT2D eigenvalue weighted by molar-refractivity contribution is -0.147. The molecule has 0 saturated heterocycles. The number of nitrogens with one attached hydrogen (secondary N) is 3. The summed E-state index contributed by atoms with van der Waals surface area (Å²) in [5.41, 5.74) is 16.0. The number of carbonyl (C=O) groups excluding carboxylic acids is 3. The molecule has 13 N–H and O–H groups in total. The van der Waals surface area contributed by atoms with Gasteiger partial charge in [-0.2, -0.15) is 0 Å². The molecule has 0 fully saturated rings. The third-order valence-corrected chi connectivity index (χ3v) is 4.12. The van der Waals surface area contributed by atoms with Gasteiger partial charge in [0.15, 0.2) is 5.96 Å². The highest BCUT2D eigenvalue weighted by molar-refractivity contribution is 5.96. The summed E-state index contributed by atoms with van der Waals surface area (Å²) in [6, 6.07) is -6.49. The molecule has 0 aromatic carbocycles. The number of rotatable bonds is 16. The zero-order chi connectivity index (χ0) is 26.4. The number of nitrogens with zero attached hydrogens (tertiary/aromatic N) is 1. The Morgan fingerprint density at radius 3 is 1.71 bits per heavy atom. The van der Waals surface area contributed by atoms with Gasteiger partial charge in [-0.05, 0) is 12.8 Å². The van der Waals surface area contributed by atoms with Crippen molar-refractivity contribution in [2.75, 3.05) is 13.2 Å². The van der Waals surface area contributed by atoms with Crippen LogP contribution in [0.5, 0.6) is 0 Å². The van der Waals surface area contributed by atoms with Gasteiger partial charge in [0.25, 0.3) is 0 Å². The van der Waals surface area contributed by atoms with E-state index in [0.29, 0.717) is 6.42 Å². The lowest BCUT2D eigenvalue weighted by atomic mass is 10.1. The highest BCUT2D eigenvalue weighted by atomic mass is 16.4. The van der Waals surface area contributed by atoms with Gasteiger partial charge >= 0.3 is 17.9 Å². The van der Waals surface area contributed by atoms with E-state index in [1.54, 1.807) is 0 Å². The fourth-order valence-corrected chi connectivity index (χ4v) is 2.43. The molecule has 192 valence electrons. The summed E-state index contributed by atoms with van der Waals surface area (Å²) < 4.78 is 0. The van der Waals surface area contributed by atoms with Crippen molar-refractivity contribution in [1.29, 1.82) is 0 Å². The van der Waals surface area contributed by atoms with E-state index < -0.39 is 79.2 Å². The second-order valence-electron chi connectivity index (χ2n) is 6.96. The predicted octanol–water partition coefficient (Wildman–Crippen LogP) is -5.15. The van der Waals surface area contributed by atoms with Crippen molar-refractivity contribution in [1.82, 2.24) is 16.0 Å². The molecule has 34 heavy (non-hydrogen) atoms. The van der Waals surface area contributed by atoms with Gasteiger partial charge in [-0.3, -0.25) is 29.0 Å². The Morgan fingerprint density at radius 1 is 0.765 bits per heavy atom. The van der Waals surface area contributed by atoms with E-state index in [-0.39, 0.29) is 18.9 Å². The first-order valence-electron chi connectivity index (χ1n) is 9.77. The summed E-state index contributed by atoms with van der Waals surface area (Å²) in [6.45, 7) is -0.871. The Kier molecular flexibility index (Phi) is 13.2. The monoisotopic (exact) mass is 491 g/mol. The predicted molar refractivity (Wildman–Crippen MR) is 113 cm³/mol. The lowest BCUT2D eigenvalue weighted by Crippen LogP contribution is -2.58. The maximum atomic E-state index is 12.5. The molecule has 0 aliphatic carbocycles. The highest BCUT2D eigenvalue weighted by Crippen LogP contribution is 2.01. The van der Waals surface area contributed by atoms with Gasteiger partial charge in [0.05, 0.1) is 25.5 Å². The van der Waals surface area contributed by atoms with E-state index >= 15 is 0 Å². The number of amides is 3. The molecule has 3 amide bonds. The molecule has 0 aliphatic rings. The van der Waals surface area contributed by atoms with Crippen LogP contribution in [0.25, 0.3) is 0 Å². The largest absolute Gasteiger partial charge is 0.481 e. The first-order chi connectivity index (χ1) is 15.8. The average molecular weight is 491 g/mol. The zero-order valence-electron chi connectivity index (χ0n) is 18.0. The number of aliphatic carboxylic acids is 3. The third kappa shape index (κ3) is 12.2. The van der Waals surface area contributed by atoms with Crippen LogP contribution in [0.3, 0.4) is 0 Å². The molecular weight excluding hydrogens is 462 g/mol. The summed E-state index contributed by atoms with van der Waals surface area (Å²) in [5, 5.41) is 42.0. The fraction of sp³-hybridized carbons (Fsp3) is 0.588. The van der Waals surface area contributed by atoms with Crippen LogP contribution in [0.2, 0.25) is 0 Å². The maximum absolute atomic E-state index is 12.5. The average Bonchev–Trinajstić information content (AvgIpc) is 2.72. The minimum atomic E-state index is -1.86. The zero-order valence-corrected chi connectivity index (χ0v) is 18.0. The molecule has 0 rings (SSSR count). The maximum Gasteiger partial charge on any atom is 0.326 e. The molecule has 17 nitrogen and oxygen atoms in total. The number of carbonyl (C=O) groups is 6. The van der Waals surface area contributed by atoms with Gasteiger partial charge in [0, 0.05) is 6.54 Å². The van der Waals surface area contributed by atoms with Gasteiger partial charge in [-0.25, -0.2) is 4.79 Å². The number of aliphatic hydroxyl groups excluding tert-OH is 1. The van der Waals surface area contributed by atoms with E-state index in [0.717, 1.165) is 0 Å². The van der Waals surface area contributed by atoms with Crippen LogP contribution in [-0.4, -0.2) is 99.3 Å². The Morgan fingerprint density at radius 2 is 1.24 bits per heavy atom. The number of hydrogen-bond donors (Lipinski definition) is 10. The van der Waals surface area contributed by atoms with Crippen LogP contribution < -0.4 is 33.2 Å². The van der Waals surface area contributed by atoms with E-state index in [1.807, 2.05) is 10.6 Å². The van der Waals surface area contributed by atoms with Crippen LogP contribution in [0.1, 0.15) is 25.7 Å². The molecular formula is C17H29N7O10. The minimum absolute atomic E-state index is 0.0891. The fourth-order valence-electron chi connectivity index (χ4n) is 2.43. The standard InChI is InChI=1S/C17H29N7O10/c18-7(2-1-3-21-17(19)20)13(30)22-8(4-11(26)27)14(31)24-10(6-25)15(32)23-9(16(33)34)5-12(28)29/h7-10,25H,1-6,18H2,(H,22,30)(H,23,32)(H,24,31)(H,26,27)(H,28,29)(H,33,34)(H4,19,20,21). The first-order valence-corrected chi connectivity index (χ1v) is 9.77. The van der Waals surface area contributed by atoms with E-state index in [1.165, 1.54) is 0 Å². The summed E-state index contributed by atoms with van der Waals surface area (Å²) in [5.74, 6) is -8.18. The molecule has 0 radical (unpaired) electrons. The molecule has 0 heterocycles. The number of aliphatic hydroxyl groups is 1. The Bertz CT molecular complexity index is 800. The molecule has 17 heteroatoms. The van der Waals surface area contributed by atoms with Crippen molar-refractivity contribution < 1.29 is 49.2 Å². The number of nitrogens with two attached hydrogens (primary N) is 3. The highest BCUT2D eigenvalue weighted by Gasteiger charge is 2.31. The molecule has 0 bridgehead atoms. The summed E-state index contributed by atoms with van der Waals surface area (Å²) in [7, 11) is 0. The van der Waals surface area contributed by atoms with E-state index in [2.05, 4.69) is 10.3 Å². The van der Waals surface area contributed by atoms with Crippen LogP contribution >= 0.6 is 0 Å². The SMILES string of the molecule is NC(N)=NCCCC(N)C(=O)NC(CC(=O)O)C(=O)NC(CO)C(=O)NC(CC(=O)O)C(=O)O. The quantitative estimate of drug-likeness (QED) is 0.0549. The van der Waals surface area contributed by atoms with Gasteiger partial charge in [-0.15, -0.1) is 0 Å². The van der Waals surface area contributed by atoms with Crippen molar-refractivity contribution >= 4 is 41.6 Å².